The van der Waals surface area contributed by atoms with Gasteiger partial charge in [0.25, 0.3) is 5.69 Å². The summed E-state index contributed by atoms with van der Waals surface area (Å²) in [6.45, 7) is 1.07. The maximum Gasteiger partial charge on any atom is 0.269 e. The molecule has 0 aromatic heterocycles. The molecule has 0 saturated carbocycles. The molecule has 26 heavy (non-hydrogen) atoms. The predicted octanol–water partition coefficient (Wildman–Crippen LogP) is 1.80. The van der Waals surface area contributed by atoms with Gasteiger partial charge in [-0.05, 0) is 18.2 Å². The van der Waals surface area contributed by atoms with Crippen molar-refractivity contribution in [2.45, 2.75) is 19.0 Å². The van der Waals surface area contributed by atoms with Gasteiger partial charge in [0.2, 0.25) is 0 Å². The Morgan fingerprint density at radius 2 is 2.08 bits per heavy atom. The molecule has 1 heterocycles. The summed E-state index contributed by atoms with van der Waals surface area (Å²) in [5.41, 5.74) is 0.885. The molecule has 1 aliphatic rings. The molecule has 1 aromatic rings. The molecular weight excluding hydrogens is 491 g/mol. The Balaban J connectivity index is 0.00000338. The number of benzene rings is 1. The molecule has 1 aliphatic heterocycles. The SMILES string of the molecule is CSCCNC(=NCc1ccc([N+](=O)[O-])cc1)NC1CCS(=O)(=O)C1.I. The van der Waals surface area contributed by atoms with Crippen molar-refractivity contribution in [3.8, 4) is 0 Å². The normalized spacial score (nSPS) is 18.8. The standard InChI is InChI=1S/C15H22N4O4S2.HI/c1-24-8-7-16-15(18-13-6-9-25(22,23)11-13)17-10-12-2-4-14(5-3-12)19(20)21;/h2-5,13H,6-11H2,1H3,(H2,16,17,18);1H. The Morgan fingerprint density at radius 1 is 1.38 bits per heavy atom. The van der Waals surface area contributed by atoms with Crippen molar-refractivity contribution in [1.29, 1.82) is 0 Å². The first-order chi connectivity index (χ1) is 11.9. The van der Waals surface area contributed by atoms with Gasteiger partial charge in [-0.3, -0.25) is 10.1 Å². The zero-order valence-corrected chi connectivity index (χ0v) is 18.3. The molecule has 146 valence electrons. The minimum Gasteiger partial charge on any atom is -0.356 e. The third-order valence-corrected chi connectivity index (χ3v) is 6.12. The number of sulfone groups is 1. The second-order valence-electron chi connectivity index (χ2n) is 5.75. The van der Waals surface area contributed by atoms with Crippen LogP contribution >= 0.6 is 35.7 Å². The van der Waals surface area contributed by atoms with Gasteiger partial charge in [0.15, 0.2) is 15.8 Å². The van der Waals surface area contributed by atoms with Gasteiger partial charge < -0.3 is 10.6 Å². The van der Waals surface area contributed by atoms with E-state index in [4.69, 9.17) is 0 Å². The van der Waals surface area contributed by atoms with E-state index in [0.29, 0.717) is 25.5 Å². The van der Waals surface area contributed by atoms with Crippen LogP contribution in [0.3, 0.4) is 0 Å². The van der Waals surface area contributed by atoms with E-state index in [1.165, 1.54) is 12.1 Å². The number of non-ortho nitro benzene ring substituents is 1. The van der Waals surface area contributed by atoms with Gasteiger partial charge in [-0.25, -0.2) is 13.4 Å². The molecule has 1 unspecified atom stereocenters. The smallest absolute Gasteiger partial charge is 0.269 e. The van der Waals surface area contributed by atoms with Crippen molar-refractivity contribution >= 4 is 57.2 Å². The van der Waals surface area contributed by atoms with E-state index in [2.05, 4.69) is 15.6 Å². The van der Waals surface area contributed by atoms with E-state index in [9.17, 15) is 18.5 Å². The molecule has 11 heteroatoms. The van der Waals surface area contributed by atoms with Crippen LogP contribution in [-0.2, 0) is 16.4 Å². The number of guanidine groups is 1. The maximum absolute atomic E-state index is 11.6. The summed E-state index contributed by atoms with van der Waals surface area (Å²) in [6.07, 6.45) is 2.58. The topological polar surface area (TPSA) is 114 Å². The number of nitro groups is 1. The van der Waals surface area contributed by atoms with Crippen molar-refractivity contribution in [3.63, 3.8) is 0 Å². The van der Waals surface area contributed by atoms with E-state index >= 15 is 0 Å². The Kier molecular flexibility index (Phi) is 9.64. The second kappa shape index (κ2) is 10.9. The second-order valence-corrected chi connectivity index (χ2v) is 8.97. The number of nitrogens with zero attached hydrogens (tertiary/aromatic N) is 2. The number of hydrogen-bond acceptors (Lipinski definition) is 6. The van der Waals surface area contributed by atoms with Gasteiger partial charge in [0.05, 0.1) is 23.0 Å². The van der Waals surface area contributed by atoms with Gasteiger partial charge in [-0.2, -0.15) is 11.8 Å². The highest BCUT2D eigenvalue weighted by molar-refractivity contribution is 14.0. The number of nitro benzene ring substituents is 1. The molecular formula is C15H23IN4O4S2. The lowest BCUT2D eigenvalue weighted by molar-refractivity contribution is -0.384. The largest absolute Gasteiger partial charge is 0.356 e. The number of nitrogens with one attached hydrogen (secondary N) is 2. The van der Waals surface area contributed by atoms with Crippen LogP contribution in [-0.4, -0.2) is 55.4 Å². The first-order valence-electron chi connectivity index (χ1n) is 7.87. The van der Waals surface area contributed by atoms with Gasteiger partial charge >= 0.3 is 0 Å². The molecule has 0 spiro atoms. The van der Waals surface area contributed by atoms with Crippen LogP contribution < -0.4 is 10.6 Å². The summed E-state index contributed by atoms with van der Waals surface area (Å²) in [5.74, 6) is 1.79. The first kappa shape index (κ1) is 23.0. The minimum atomic E-state index is -2.96. The zero-order chi connectivity index (χ0) is 18.3. The van der Waals surface area contributed by atoms with E-state index in [1.807, 2.05) is 6.26 Å². The summed E-state index contributed by atoms with van der Waals surface area (Å²) < 4.78 is 23.2. The third kappa shape index (κ3) is 7.66. The van der Waals surface area contributed by atoms with Crippen LogP contribution in [0.1, 0.15) is 12.0 Å². The van der Waals surface area contributed by atoms with Gasteiger partial charge in [0, 0.05) is 30.5 Å². The highest BCUT2D eigenvalue weighted by Crippen LogP contribution is 2.13. The summed E-state index contributed by atoms with van der Waals surface area (Å²) in [5, 5.41) is 17.0. The third-order valence-electron chi connectivity index (χ3n) is 3.74. The van der Waals surface area contributed by atoms with E-state index in [1.54, 1.807) is 23.9 Å². The summed E-state index contributed by atoms with van der Waals surface area (Å²) in [7, 11) is -2.96. The van der Waals surface area contributed by atoms with Crippen molar-refractivity contribution in [1.82, 2.24) is 10.6 Å². The number of aliphatic imine (C=N–C) groups is 1. The molecule has 0 bridgehead atoms. The van der Waals surface area contributed by atoms with Gasteiger partial charge in [-0.15, -0.1) is 24.0 Å². The van der Waals surface area contributed by atoms with Crippen molar-refractivity contribution in [2.24, 2.45) is 4.99 Å². The molecule has 2 N–H and O–H groups in total. The molecule has 1 aromatic carbocycles. The maximum atomic E-state index is 11.6. The molecule has 1 saturated heterocycles. The van der Waals surface area contributed by atoms with Crippen molar-refractivity contribution in [3.05, 3.63) is 39.9 Å². The van der Waals surface area contributed by atoms with Crippen LogP contribution in [0.15, 0.2) is 29.3 Å². The van der Waals surface area contributed by atoms with E-state index < -0.39 is 14.8 Å². The summed E-state index contributed by atoms with van der Waals surface area (Å²) in [6, 6.07) is 6.09. The lowest BCUT2D eigenvalue weighted by atomic mass is 10.2. The highest BCUT2D eigenvalue weighted by atomic mass is 127. The Labute approximate surface area is 174 Å². The quantitative estimate of drug-likeness (QED) is 0.143. The molecule has 1 fully saturated rings. The summed E-state index contributed by atoms with van der Waals surface area (Å²) >= 11 is 1.70. The molecule has 8 nitrogen and oxygen atoms in total. The fourth-order valence-electron chi connectivity index (χ4n) is 2.42. The van der Waals surface area contributed by atoms with Gasteiger partial charge in [0.1, 0.15) is 0 Å². The van der Waals surface area contributed by atoms with Crippen LogP contribution in [0.4, 0.5) is 5.69 Å². The Morgan fingerprint density at radius 3 is 2.62 bits per heavy atom. The predicted molar refractivity (Wildman–Crippen MR) is 116 cm³/mol. The number of rotatable bonds is 7. The van der Waals surface area contributed by atoms with Crippen LogP contribution in [0.25, 0.3) is 0 Å². The van der Waals surface area contributed by atoms with Crippen LogP contribution in [0.5, 0.6) is 0 Å². The highest BCUT2D eigenvalue weighted by Gasteiger charge is 2.28. The first-order valence-corrected chi connectivity index (χ1v) is 11.1. The van der Waals surface area contributed by atoms with Crippen LogP contribution in [0, 0.1) is 10.1 Å². The lowest BCUT2D eigenvalue weighted by Crippen LogP contribution is -2.44. The zero-order valence-electron chi connectivity index (χ0n) is 14.4. The van der Waals surface area contributed by atoms with E-state index in [0.717, 1.165) is 11.3 Å². The van der Waals surface area contributed by atoms with Crippen LogP contribution in [0.2, 0.25) is 0 Å². The van der Waals surface area contributed by atoms with E-state index in [-0.39, 0.29) is 47.2 Å². The summed E-state index contributed by atoms with van der Waals surface area (Å²) in [4.78, 5) is 14.7. The lowest BCUT2D eigenvalue weighted by Gasteiger charge is -2.16. The number of thioether (sulfide) groups is 1. The minimum absolute atomic E-state index is 0. The fourth-order valence-corrected chi connectivity index (χ4v) is 4.40. The monoisotopic (exact) mass is 514 g/mol. The molecule has 0 amide bonds. The molecule has 0 radical (unpaired) electrons. The molecule has 0 aliphatic carbocycles. The molecule has 1 atom stereocenters. The average Bonchev–Trinajstić information content (AvgIpc) is 2.91. The van der Waals surface area contributed by atoms with Crippen molar-refractivity contribution in [2.75, 3.05) is 30.1 Å². The molecule has 2 rings (SSSR count). The average molecular weight is 514 g/mol. The van der Waals surface area contributed by atoms with Crippen molar-refractivity contribution < 1.29 is 13.3 Å². The Hall–Kier alpha value is -1.08. The number of halogens is 1. The Bertz CT molecular complexity index is 726. The number of hydrogen-bond donors (Lipinski definition) is 2. The fraction of sp³-hybridized carbons (Fsp3) is 0.533. The van der Waals surface area contributed by atoms with Gasteiger partial charge in [-0.1, -0.05) is 12.1 Å².